The summed E-state index contributed by atoms with van der Waals surface area (Å²) in [6, 6.07) is 3.10. The lowest BCUT2D eigenvalue weighted by molar-refractivity contribution is 0.501. The number of rotatable bonds is 6. The number of halogens is 2. The summed E-state index contributed by atoms with van der Waals surface area (Å²) in [5.41, 5.74) is 3.62. The van der Waals surface area contributed by atoms with Gasteiger partial charge in [0.2, 0.25) is 0 Å². The second kappa shape index (κ2) is 7.64. The molecular weight excluding hydrogens is 320 g/mol. The van der Waals surface area contributed by atoms with E-state index in [9.17, 15) is 8.78 Å². The maximum absolute atomic E-state index is 13.6. The normalized spacial score (nSPS) is 23.0. The van der Waals surface area contributed by atoms with Gasteiger partial charge in [0.05, 0.1) is 6.54 Å². The average molecular weight is 341 g/mol. The summed E-state index contributed by atoms with van der Waals surface area (Å²) in [5.74, 6) is -0.811. The molecule has 130 valence electrons. The van der Waals surface area contributed by atoms with Crippen LogP contribution in [0.3, 0.4) is 0 Å². The number of nitrogens with zero attached hydrogens (tertiary/aromatic N) is 3. The lowest BCUT2D eigenvalue weighted by Crippen LogP contribution is -2.08. The highest BCUT2D eigenvalue weighted by atomic mass is 19.2. The number of hydrogen-bond donors (Lipinski definition) is 0. The zero-order valence-electron chi connectivity index (χ0n) is 14.3. The molecule has 3 rings (SSSR count). The summed E-state index contributed by atoms with van der Waals surface area (Å²) in [5, 5.41) is 0. The van der Waals surface area contributed by atoms with E-state index in [0.717, 1.165) is 30.5 Å². The lowest BCUT2D eigenvalue weighted by Gasteiger charge is -2.13. The summed E-state index contributed by atoms with van der Waals surface area (Å²) < 4.78 is 27.0. The topological polar surface area (TPSA) is 37.1 Å². The number of aryl methyl sites for hydroxylation is 1. The number of benzene rings is 1. The van der Waals surface area contributed by atoms with E-state index in [0.29, 0.717) is 18.0 Å². The van der Waals surface area contributed by atoms with Crippen LogP contribution in [0.5, 0.6) is 0 Å². The van der Waals surface area contributed by atoms with Gasteiger partial charge < -0.3 is 0 Å². The lowest BCUT2D eigenvalue weighted by atomic mass is 9.98. The molecule has 0 bridgehead atoms. The number of aliphatic imine (C=N–C) groups is 3. The van der Waals surface area contributed by atoms with Crippen molar-refractivity contribution in [3.63, 3.8) is 0 Å². The molecule has 3 nitrogen and oxygen atoms in total. The molecule has 0 amide bonds. The SMILES string of the molecule is C=N/C=C\C=N/CC1=NC=C(C2CC2c2cc(C)c(F)c(F)c2)CC1. The van der Waals surface area contributed by atoms with Gasteiger partial charge >= 0.3 is 0 Å². The minimum absolute atomic E-state index is 0.284. The van der Waals surface area contributed by atoms with Gasteiger partial charge in [0.1, 0.15) is 0 Å². The Hall–Kier alpha value is -2.43. The van der Waals surface area contributed by atoms with Crippen molar-refractivity contribution < 1.29 is 8.78 Å². The molecular formula is C20H21F2N3. The first-order chi connectivity index (χ1) is 12.1. The van der Waals surface area contributed by atoms with Gasteiger partial charge in [0.15, 0.2) is 11.6 Å². The van der Waals surface area contributed by atoms with Gasteiger partial charge in [-0.05, 0) is 73.6 Å². The van der Waals surface area contributed by atoms with Crippen molar-refractivity contribution in [2.24, 2.45) is 20.9 Å². The van der Waals surface area contributed by atoms with Gasteiger partial charge in [-0.25, -0.2) is 8.78 Å². The second-order valence-corrected chi connectivity index (χ2v) is 6.50. The smallest absolute Gasteiger partial charge is 0.161 e. The van der Waals surface area contributed by atoms with Crippen LogP contribution < -0.4 is 0 Å². The molecule has 2 unspecified atom stereocenters. The number of hydrogen-bond acceptors (Lipinski definition) is 3. The molecule has 1 aliphatic heterocycles. The summed E-state index contributed by atoms with van der Waals surface area (Å²) >= 11 is 0. The van der Waals surface area contributed by atoms with Crippen LogP contribution in [0.2, 0.25) is 0 Å². The third-order valence-corrected chi connectivity index (χ3v) is 4.70. The Morgan fingerprint density at radius 2 is 2.12 bits per heavy atom. The molecule has 1 heterocycles. The molecule has 0 spiro atoms. The van der Waals surface area contributed by atoms with Gasteiger partial charge in [-0.1, -0.05) is 6.07 Å². The van der Waals surface area contributed by atoms with Crippen molar-refractivity contribution >= 4 is 18.6 Å². The monoisotopic (exact) mass is 341 g/mol. The van der Waals surface area contributed by atoms with Gasteiger partial charge in [0, 0.05) is 24.3 Å². The quantitative estimate of drug-likeness (QED) is 0.668. The van der Waals surface area contributed by atoms with Crippen LogP contribution in [0.25, 0.3) is 0 Å². The van der Waals surface area contributed by atoms with Crippen molar-refractivity contribution in [2.45, 2.75) is 32.1 Å². The first kappa shape index (κ1) is 17.4. The van der Waals surface area contributed by atoms with E-state index in [1.54, 1.807) is 31.5 Å². The molecule has 2 atom stereocenters. The third kappa shape index (κ3) is 4.16. The van der Waals surface area contributed by atoms with E-state index in [-0.39, 0.29) is 5.92 Å². The largest absolute Gasteiger partial charge is 0.287 e. The minimum atomic E-state index is -0.753. The van der Waals surface area contributed by atoms with Gasteiger partial charge in [0.25, 0.3) is 0 Å². The highest BCUT2D eigenvalue weighted by Gasteiger charge is 2.41. The Bertz CT molecular complexity index is 767. The Morgan fingerprint density at radius 1 is 1.28 bits per heavy atom. The van der Waals surface area contributed by atoms with E-state index >= 15 is 0 Å². The summed E-state index contributed by atoms with van der Waals surface area (Å²) in [7, 11) is 0. The van der Waals surface area contributed by atoms with Crippen LogP contribution in [-0.4, -0.2) is 25.2 Å². The standard InChI is InChI=1S/C20H21F2N3/c1-13-8-15(9-19(21)20(13)22)18-10-17(18)14-4-5-16(25-11-14)12-24-7-3-6-23-2/h3,6-9,11,17-18H,2,4-5,10,12H2,1H3/b6-3-,24-7-. The summed E-state index contributed by atoms with van der Waals surface area (Å²) in [4.78, 5) is 12.4. The Kier molecular flexibility index (Phi) is 5.31. The van der Waals surface area contributed by atoms with E-state index < -0.39 is 11.6 Å². The predicted octanol–water partition coefficient (Wildman–Crippen LogP) is 4.78. The van der Waals surface area contributed by atoms with E-state index in [2.05, 4.69) is 21.7 Å². The fraction of sp³-hybridized carbons (Fsp3) is 0.350. The van der Waals surface area contributed by atoms with Gasteiger partial charge in [-0.15, -0.1) is 0 Å². The molecule has 0 aromatic heterocycles. The number of allylic oxidation sites excluding steroid dienone is 2. The predicted molar refractivity (Wildman–Crippen MR) is 98.7 cm³/mol. The fourth-order valence-electron chi connectivity index (χ4n) is 3.25. The molecule has 0 saturated heterocycles. The van der Waals surface area contributed by atoms with Gasteiger partial charge in [-0.2, -0.15) is 0 Å². The van der Waals surface area contributed by atoms with Crippen molar-refractivity contribution in [1.29, 1.82) is 0 Å². The zero-order valence-corrected chi connectivity index (χ0v) is 14.3. The van der Waals surface area contributed by atoms with Crippen molar-refractivity contribution in [2.75, 3.05) is 6.54 Å². The van der Waals surface area contributed by atoms with Crippen molar-refractivity contribution in [3.05, 3.63) is 58.9 Å². The molecule has 1 aromatic carbocycles. The highest BCUT2D eigenvalue weighted by Crippen LogP contribution is 2.53. The van der Waals surface area contributed by atoms with E-state index in [4.69, 9.17) is 0 Å². The zero-order chi connectivity index (χ0) is 17.8. The van der Waals surface area contributed by atoms with Crippen LogP contribution in [0.15, 0.2) is 51.2 Å². The van der Waals surface area contributed by atoms with Gasteiger partial charge in [-0.3, -0.25) is 15.0 Å². The van der Waals surface area contributed by atoms with Crippen LogP contribution in [0, 0.1) is 24.5 Å². The van der Waals surface area contributed by atoms with Crippen LogP contribution in [-0.2, 0) is 0 Å². The second-order valence-electron chi connectivity index (χ2n) is 6.50. The molecule has 25 heavy (non-hydrogen) atoms. The van der Waals surface area contributed by atoms with Crippen molar-refractivity contribution in [3.8, 4) is 0 Å². The molecule has 1 aliphatic carbocycles. The van der Waals surface area contributed by atoms with Crippen molar-refractivity contribution in [1.82, 2.24) is 0 Å². The minimum Gasteiger partial charge on any atom is -0.287 e. The van der Waals surface area contributed by atoms with E-state index in [1.807, 2.05) is 6.20 Å². The van der Waals surface area contributed by atoms with Crippen LogP contribution in [0.1, 0.15) is 36.3 Å². The maximum Gasteiger partial charge on any atom is 0.161 e. The Morgan fingerprint density at radius 3 is 2.80 bits per heavy atom. The summed E-state index contributed by atoms with van der Waals surface area (Å²) in [6.07, 6.45) is 9.78. The molecule has 0 N–H and O–H groups in total. The first-order valence-corrected chi connectivity index (χ1v) is 8.41. The first-order valence-electron chi connectivity index (χ1n) is 8.41. The molecule has 2 aliphatic rings. The Labute approximate surface area is 146 Å². The highest BCUT2D eigenvalue weighted by molar-refractivity contribution is 5.89. The molecule has 1 fully saturated rings. The van der Waals surface area contributed by atoms with E-state index in [1.165, 1.54) is 11.6 Å². The molecule has 1 aromatic rings. The van der Waals surface area contributed by atoms with Crippen LogP contribution >= 0.6 is 0 Å². The molecule has 0 radical (unpaired) electrons. The fourth-order valence-corrected chi connectivity index (χ4v) is 3.25. The Balaban J connectivity index is 1.61. The van der Waals surface area contributed by atoms with Crippen LogP contribution in [0.4, 0.5) is 8.78 Å². The summed E-state index contributed by atoms with van der Waals surface area (Å²) in [6.45, 7) is 5.54. The molecule has 5 heteroatoms. The maximum atomic E-state index is 13.6. The third-order valence-electron chi connectivity index (χ3n) is 4.70. The average Bonchev–Trinajstić information content (AvgIpc) is 3.40. The molecule has 1 saturated carbocycles.